The number of H-pyrrole nitrogens is 1. The standard InChI is InChI=1S/C11H11N3O2/c1-7-2-3-8(6-9(7)15)11(16)13-10-4-5-12-14-10/h2-6,15H,1H3,(H2,12,13,14,16). The van der Waals surface area contributed by atoms with E-state index in [9.17, 15) is 9.90 Å². The van der Waals surface area contributed by atoms with Gasteiger partial charge in [0.1, 0.15) is 11.6 Å². The second kappa shape index (κ2) is 4.06. The number of hydrogen-bond acceptors (Lipinski definition) is 3. The number of carbonyl (C=O) groups is 1. The van der Waals surface area contributed by atoms with Crippen LogP contribution in [0.1, 0.15) is 15.9 Å². The van der Waals surface area contributed by atoms with Crippen LogP contribution in [0.4, 0.5) is 5.82 Å². The molecule has 2 aromatic rings. The molecule has 16 heavy (non-hydrogen) atoms. The van der Waals surface area contributed by atoms with E-state index in [1.807, 2.05) is 0 Å². The molecule has 0 bridgehead atoms. The Morgan fingerprint density at radius 1 is 1.44 bits per heavy atom. The fraction of sp³-hybridized carbons (Fsp3) is 0.0909. The third-order valence-electron chi connectivity index (χ3n) is 2.22. The van der Waals surface area contributed by atoms with E-state index in [0.29, 0.717) is 11.4 Å². The zero-order valence-corrected chi connectivity index (χ0v) is 8.69. The van der Waals surface area contributed by atoms with Crippen LogP contribution in [0.15, 0.2) is 30.5 Å². The first-order valence-electron chi connectivity index (χ1n) is 4.77. The molecule has 3 N–H and O–H groups in total. The van der Waals surface area contributed by atoms with Crippen molar-refractivity contribution >= 4 is 11.7 Å². The van der Waals surface area contributed by atoms with E-state index in [1.54, 1.807) is 31.3 Å². The Hall–Kier alpha value is -2.30. The molecule has 1 heterocycles. The van der Waals surface area contributed by atoms with Crippen LogP contribution in [0.5, 0.6) is 5.75 Å². The van der Waals surface area contributed by atoms with Gasteiger partial charge in [0.2, 0.25) is 0 Å². The number of aryl methyl sites for hydroxylation is 1. The number of hydrogen-bond donors (Lipinski definition) is 3. The second-order valence-corrected chi connectivity index (χ2v) is 3.43. The Kier molecular flexibility index (Phi) is 2.59. The average molecular weight is 217 g/mol. The quantitative estimate of drug-likeness (QED) is 0.716. The fourth-order valence-corrected chi connectivity index (χ4v) is 1.27. The number of aromatic hydroxyl groups is 1. The lowest BCUT2D eigenvalue weighted by atomic mass is 10.1. The van der Waals surface area contributed by atoms with E-state index < -0.39 is 0 Å². The lowest BCUT2D eigenvalue weighted by molar-refractivity contribution is 0.102. The third-order valence-corrected chi connectivity index (χ3v) is 2.22. The van der Waals surface area contributed by atoms with Crippen molar-refractivity contribution < 1.29 is 9.90 Å². The summed E-state index contributed by atoms with van der Waals surface area (Å²) in [5, 5.41) is 18.4. The lowest BCUT2D eigenvalue weighted by Gasteiger charge is -2.04. The van der Waals surface area contributed by atoms with Gasteiger partial charge in [0.15, 0.2) is 0 Å². The van der Waals surface area contributed by atoms with Crippen molar-refractivity contribution in [2.45, 2.75) is 6.92 Å². The van der Waals surface area contributed by atoms with Crippen molar-refractivity contribution in [2.24, 2.45) is 0 Å². The second-order valence-electron chi connectivity index (χ2n) is 3.43. The number of nitrogens with zero attached hydrogens (tertiary/aromatic N) is 1. The van der Waals surface area contributed by atoms with Gasteiger partial charge in [-0.1, -0.05) is 6.07 Å². The molecule has 0 aliphatic carbocycles. The van der Waals surface area contributed by atoms with E-state index in [4.69, 9.17) is 0 Å². The van der Waals surface area contributed by atoms with Gasteiger partial charge in [0.05, 0.1) is 6.20 Å². The number of aromatic nitrogens is 2. The number of nitrogens with one attached hydrogen (secondary N) is 2. The van der Waals surface area contributed by atoms with Gasteiger partial charge in [0.25, 0.3) is 5.91 Å². The molecule has 2 rings (SSSR count). The molecule has 0 aliphatic rings. The third kappa shape index (κ3) is 2.03. The van der Waals surface area contributed by atoms with Crippen molar-refractivity contribution in [3.05, 3.63) is 41.6 Å². The van der Waals surface area contributed by atoms with Crippen LogP contribution in [0.2, 0.25) is 0 Å². The number of phenolic OH excluding ortho intramolecular Hbond substituents is 1. The zero-order valence-electron chi connectivity index (χ0n) is 8.69. The lowest BCUT2D eigenvalue weighted by Crippen LogP contribution is -2.12. The van der Waals surface area contributed by atoms with Gasteiger partial charge in [-0.2, -0.15) is 5.10 Å². The average Bonchev–Trinajstić information content (AvgIpc) is 2.74. The van der Waals surface area contributed by atoms with E-state index >= 15 is 0 Å². The van der Waals surface area contributed by atoms with Crippen molar-refractivity contribution in [2.75, 3.05) is 5.32 Å². The van der Waals surface area contributed by atoms with E-state index in [1.165, 1.54) is 6.07 Å². The van der Waals surface area contributed by atoms with Crippen LogP contribution in [0.3, 0.4) is 0 Å². The first-order chi connectivity index (χ1) is 7.66. The van der Waals surface area contributed by atoms with Crippen LogP contribution in [-0.2, 0) is 0 Å². The summed E-state index contributed by atoms with van der Waals surface area (Å²) in [5.74, 6) is 0.335. The van der Waals surface area contributed by atoms with Crippen molar-refractivity contribution in [1.29, 1.82) is 0 Å². The van der Waals surface area contributed by atoms with Crippen LogP contribution in [-0.4, -0.2) is 21.2 Å². The van der Waals surface area contributed by atoms with Gasteiger partial charge >= 0.3 is 0 Å². The normalized spacial score (nSPS) is 10.1. The molecular weight excluding hydrogens is 206 g/mol. The summed E-state index contributed by atoms with van der Waals surface area (Å²) in [6.45, 7) is 1.77. The SMILES string of the molecule is Cc1ccc(C(=O)Nc2ccn[nH]2)cc1O. The molecule has 5 heteroatoms. The molecule has 1 aromatic heterocycles. The highest BCUT2D eigenvalue weighted by Crippen LogP contribution is 2.18. The van der Waals surface area contributed by atoms with Crippen LogP contribution >= 0.6 is 0 Å². The molecule has 0 spiro atoms. The molecule has 1 amide bonds. The molecule has 0 fully saturated rings. The molecule has 0 radical (unpaired) electrons. The van der Waals surface area contributed by atoms with Crippen LogP contribution in [0.25, 0.3) is 0 Å². The summed E-state index contributed by atoms with van der Waals surface area (Å²) in [6, 6.07) is 6.42. The van der Waals surface area contributed by atoms with Gasteiger partial charge < -0.3 is 10.4 Å². The number of carbonyl (C=O) groups excluding carboxylic acids is 1. The molecule has 0 unspecified atom stereocenters. The highest BCUT2D eigenvalue weighted by atomic mass is 16.3. The van der Waals surface area contributed by atoms with Crippen molar-refractivity contribution in [1.82, 2.24) is 10.2 Å². The number of benzene rings is 1. The van der Waals surface area contributed by atoms with Crippen LogP contribution in [0, 0.1) is 6.92 Å². The van der Waals surface area contributed by atoms with Crippen molar-refractivity contribution in [3.63, 3.8) is 0 Å². The minimum Gasteiger partial charge on any atom is -0.508 e. The molecule has 0 saturated carbocycles. The minimum atomic E-state index is -0.292. The smallest absolute Gasteiger partial charge is 0.256 e. The molecular formula is C11H11N3O2. The number of amides is 1. The molecule has 0 atom stereocenters. The van der Waals surface area contributed by atoms with E-state index in [2.05, 4.69) is 15.5 Å². The van der Waals surface area contributed by atoms with E-state index in [0.717, 1.165) is 5.56 Å². The number of rotatable bonds is 2. The van der Waals surface area contributed by atoms with Crippen LogP contribution < -0.4 is 5.32 Å². The molecule has 0 aliphatic heterocycles. The highest BCUT2D eigenvalue weighted by molar-refractivity contribution is 6.04. The predicted molar refractivity (Wildman–Crippen MR) is 59.4 cm³/mol. The maximum absolute atomic E-state index is 11.7. The summed E-state index contributed by atoms with van der Waals surface area (Å²) >= 11 is 0. The van der Waals surface area contributed by atoms with Gasteiger partial charge in [0, 0.05) is 11.6 Å². The predicted octanol–water partition coefficient (Wildman–Crippen LogP) is 1.68. The first kappa shape index (κ1) is 10.2. The van der Waals surface area contributed by atoms with E-state index in [-0.39, 0.29) is 11.7 Å². The summed E-state index contributed by atoms with van der Waals surface area (Å²) in [7, 11) is 0. The number of aromatic amines is 1. The number of anilines is 1. The van der Waals surface area contributed by atoms with Gasteiger partial charge in [-0.15, -0.1) is 0 Å². The summed E-state index contributed by atoms with van der Waals surface area (Å²) in [4.78, 5) is 11.7. The highest BCUT2D eigenvalue weighted by Gasteiger charge is 2.08. The molecule has 5 nitrogen and oxygen atoms in total. The Morgan fingerprint density at radius 2 is 2.25 bits per heavy atom. The Labute approximate surface area is 92.1 Å². The summed E-state index contributed by atoms with van der Waals surface area (Å²) in [5.41, 5.74) is 1.13. The molecule has 82 valence electrons. The molecule has 1 aromatic carbocycles. The summed E-state index contributed by atoms with van der Waals surface area (Å²) in [6.07, 6.45) is 1.54. The Morgan fingerprint density at radius 3 is 2.88 bits per heavy atom. The Bertz CT molecular complexity index is 506. The maximum atomic E-state index is 11.7. The first-order valence-corrected chi connectivity index (χ1v) is 4.77. The maximum Gasteiger partial charge on any atom is 0.256 e. The van der Waals surface area contributed by atoms with Gasteiger partial charge in [-0.3, -0.25) is 9.89 Å². The van der Waals surface area contributed by atoms with Gasteiger partial charge in [-0.05, 0) is 24.6 Å². The zero-order chi connectivity index (χ0) is 11.5. The Balaban J connectivity index is 2.18. The summed E-state index contributed by atoms with van der Waals surface area (Å²) < 4.78 is 0. The number of phenols is 1. The van der Waals surface area contributed by atoms with Gasteiger partial charge in [-0.25, -0.2) is 0 Å². The monoisotopic (exact) mass is 217 g/mol. The minimum absolute atomic E-state index is 0.109. The fourth-order valence-electron chi connectivity index (χ4n) is 1.27. The topological polar surface area (TPSA) is 78.0 Å². The van der Waals surface area contributed by atoms with Crippen molar-refractivity contribution in [3.8, 4) is 5.75 Å². The molecule has 0 saturated heterocycles. The largest absolute Gasteiger partial charge is 0.508 e.